The molecule has 0 bridgehead atoms. The van der Waals surface area contributed by atoms with Gasteiger partial charge in [0.15, 0.2) is 3.92 Å². The number of hydrogen-bond acceptors (Lipinski definition) is 5. The summed E-state index contributed by atoms with van der Waals surface area (Å²) < 4.78 is 5.81. The zero-order valence-electron chi connectivity index (χ0n) is 8.94. The van der Waals surface area contributed by atoms with Crippen LogP contribution in [0, 0.1) is 0 Å². The molecule has 7 heteroatoms. The highest BCUT2D eigenvalue weighted by atomic mass is 79.9. The Morgan fingerprint density at radius 2 is 2.07 bits per heavy atom. The molecule has 15 heavy (non-hydrogen) atoms. The molecule has 1 amide bonds. The molecule has 0 atom stereocenters. The lowest BCUT2D eigenvalue weighted by molar-refractivity contribution is 0.0589. The van der Waals surface area contributed by atoms with E-state index in [1.54, 1.807) is 7.05 Å². The van der Waals surface area contributed by atoms with Crippen LogP contribution in [0.2, 0.25) is 0 Å². The van der Waals surface area contributed by atoms with Crippen molar-refractivity contribution in [3.8, 4) is 0 Å². The van der Waals surface area contributed by atoms with Gasteiger partial charge in [-0.1, -0.05) is 11.3 Å². The molecule has 0 aromatic carbocycles. The SMILES string of the molecule is CN(C(=O)OC(C)(C)C)c1nnc(Br)s1. The van der Waals surface area contributed by atoms with Crippen LogP contribution in [0.4, 0.5) is 9.93 Å². The molecule has 0 aliphatic carbocycles. The normalized spacial score (nSPS) is 11.3. The first-order chi connectivity index (χ1) is 6.79. The Bertz CT molecular complexity index is 361. The van der Waals surface area contributed by atoms with E-state index in [9.17, 15) is 4.79 Å². The summed E-state index contributed by atoms with van der Waals surface area (Å²) in [4.78, 5) is 12.9. The fourth-order valence-corrected chi connectivity index (χ4v) is 1.78. The predicted molar refractivity (Wildman–Crippen MR) is 62.2 cm³/mol. The van der Waals surface area contributed by atoms with Gasteiger partial charge in [-0.15, -0.1) is 10.2 Å². The Hall–Kier alpha value is -0.690. The van der Waals surface area contributed by atoms with Gasteiger partial charge in [-0.25, -0.2) is 4.79 Å². The van der Waals surface area contributed by atoms with Crippen LogP contribution in [0.15, 0.2) is 3.92 Å². The quantitative estimate of drug-likeness (QED) is 0.799. The molecule has 0 unspecified atom stereocenters. The van der Waals surface area contributed by atoms with Gasteiger partial charge in [0.2, 0.25) is 5.13 Å². The molecule has 0 spiro atoms. The molecule has 1 rings (SSSR count). The average Bonchev–Trinajstić information content (AvgIpc) is 2.47. The second kappa shape index (κ2) is 4.44. The minimum Gasteiger partial charge on any atom is -0.443 e. The van der Waals surface area contributed by atoms with Crippen LogP contribution in [-0.2, 0) is 4.74 Å². The van der Waals surface area contributed by atoms with Crippen molar-refractivity contribution in [2.75, 3.05) is 11.9 Å². The highest BCUT2D eigenvalue weighted by Gasteiger charge is 2.22. The molecular weight excluding hydrogens is 282 g/mol. The maximum Gasteiger partial charge on any atom is 0.416 e. The Labute approximate surface area is 101 Å². The van der Waals surface area contributed by atoms with Crippen LogP contribution in [0.25, 0.3) is 0 Å². The second-order valence-electron chi connectivity index (χ2n) is 3.88. The lowest BCUT2D eigenvalue weighted by Crippen LogP contribution is -2.34. The summed E-state index contributed by atoms with van der Waals surface area (Å²) in [6.45, 7) is 5.44. The van der Waals surface area contributed by atoms with Gasteiger partial charge in [0.25, 0.3) is 0 Å². The molecule has 0 radical (unpaired) electrons. The van der Waals surface area contributed by atoms with E-state index in [1.807, 2.05) is 20.8 Å². The first kappa shape index (κ1) is 12.4. The van der Waals surface area contributed by atoms with Gasteiger partial charge in [-0.2, -0.15) is 0 Å². The van der Waals surface area contributed by atoms with Crippen LogP contribution in [0.5, 0.6) is 0 Å². The van der Waals surface area contributed by atoms with E-state index >= 15 is 0 Å². The largest absolute Gasteiger partial charge is 0.443 e. The third kappa shape index (κ3) is 3.75. The number of carbonyl (C=O) groups excluding carboxylic acids is 1. The molecule has 5 nitrogen and oxygen atoms in total. The third-order valence-electron chi connectivity index (χ3n) is 1.34. The maximum absolute atomic E-state index is 11.6. The molecule has 1 heterocycles. The van der Waals surface area contributed by atoms with Crippen LogP contribution >= 0.6 is 27.3 Å². The number of hydrogen-bond donors (Lipinski definition) is 0. The molecule has 1 aromatic rings. The molecule has 0 saturated heterocycles. The monoisotopic (exact) mass is 293 g/mol. The first-order valence-corrected chi connectivity index (χ1v) is 5.86. The lowest BCUT2D eigenvalue weighted by Gasteiger charge is -2.22. The smallest absolute Gasteiger partial charge is 0.416 e. The Morgan fingerprint density at radius 3 is 2.47 bits per heavy atom. The van der Waals surface area contributed by atoms with E-state index in [0.717, 1.165) is 0 Å². The Morgan fingerprint density at radius 1 is 1.47 bits per heavy atom. The number of aromatic nitrogens is 2. The van der Waals surface area contributed by atoms with E-state index in [0.29, 0.717) is 9.05 Å². The summed E-state index contributed by atoms with van der Waals surface area (Å²) in [5, 5.41) is 8.06. The summed E-state index contributed by atoms with van der Waals surface area (Å²) in [5.74, 6) is 0. The highest BCUT2D eigenvalue weighted by molar-refractivity contribution is 9.11. The van der Waals surface area contributed by atoms with Crippen LogP contribution in [-0.4, -0.2) is 28.9 Å². The molecular formula is C8H12BrN3O2S. The van der Waals surface area contributed by atoms with Gasteiger partial charge in [0.1, 0.15) is 5.60 Å². The van der Waals surface area contributed by atoms with Crippen LogP contribution in [0.1, 0.15) is 20.8 Å². The minimum atomic E-state index is -0.507. The van der Waals surface area contributed by atoms with Gasteiger partial charge in [0, 0.05) is 7.05 Å². The van der Waals surface area contributed by atoms with Gasteiger partial charge in [-0.05, 0) is 36.7 Å². The Balaban J connectivity index is 2.69. The van der Waals surface area contributed by atoms with Crippen molar-refractivity contribution < 1.29 is 9.53 Å². The van der Waals surface area contributed by atoms with Gasteiger partial charge < -0.3 is 4.74 Å². The number of carbonyl (C=O) groups is 1. The van der Waals surface area contributed by atoms with Crippen molar-refractivity contribution in [1.29, 1.82) is 0 Å². The fourth-order valence-electron chi connectivity index (χ4n) is 0.742. The number of anilines is 1. The summed E-state index contributed by atoms with van der Waals surface area (Å²) in [5.41, 5.74) is -0.507. The maximum atomic E-state index is 11.6. The number of rotatable bonds is 1. The van der Waals surface area contributed by atoms with Crippen LogP contribution in [0.3, 0.4) is 0 Å². The Kier molecular flexibility index (Phi) is 3.67. The first-order valence-electron chi connectivity index (χ1n) is 4.25. The van der Waals surface area contributed by atoms with Crippen molar-refractivity contribution in [3.63, 3.8) is 0 Å². The zero-order chi connectivity index (χ0) is 11.6. The standard InChI is InChI=1S/C8H12BrN3O2S/c1-8(2,3)14-7(13)12(4)6-11-10-5(9)15-6/h1-4H3. The van der Waals surface area contributed by atoms with Crippen molar-refractivity contribution in [1.82, 2.24) is 10.2 Å². The molecule has 84 valence electrons. The van der Waals surface area contributed by atoms with E-state index < -0.39 is 11.7 Å². The number of ether oxygens (including phenoxy) is 1. The molecule has 0 aliphatic rings. The third-order valence-corrected chi connectivity index (χ3v) is 2.78. The van der Waals surface area contributed by atoms with E-state index in [1.165, 1.54) is 16.2 Å². The summed E-state index contributed by atoms with van der Waals surface area (Å²) in [7, 11) is 1.60. The molecule has 0 fully saturated rings. The summed E-state index contributed by atoms with van der Waals surface area (Å²) in [6, 6.07) is 0. The number of nitrogens with zero attached hydrogens (tertiary/aromatic N) is 3. The number of halogens is 1. The molecule has 0 saturated carbocycles. The van der Waals surface area contributed by atoms with Gasteiger partial charge in [-0.3, -0.25) is 4.90 Å². The summed E-state index contributed by atoms with van der Waals surface area (Å²) in [6.07, 6.45) is -0.439. The molecule has 0 N–H and O–H groups in total. The summed E-state index contributed by atoms with van der Waals surface area (Å²) >= 11 is 4.45. The lowest BCUT2D eigenvalue weighted by atomic mass is 10.2. The fraction of sp³-hybridized carbons (Fsp3) is 0.625. The zero-order valence-corrected chi connectivity index (χ0v) is 11.3. The van der Waals surface area contributed by atoms with E-state index in [4.69, 9.17) is 4.74 Å². The van der Waals surface area contributed by atoms with Crippen molar-refractivity contribution in [2.24, 2.45) is 0 Å². The van der Waals surface area contributed by atoms with E-state index in [-0.39, 0.29) is 0 Å². The average molecular weight is 294 g/mol. The number of amides is 1. The minimum absolute atomic E-state index is 0.439. The van der Waals surface area contributed by atoms with Crippen molar-refractivity contribution in [2.45, 2.75) is 26.4 Å². The van der Waals surface area contributed by atoms with Crippen molar-refractivity contribution >= 4 is 38.5 Å². The van der Waals surface area contributed by atoms with Gasteiger partial charge >= 0.3 is 6.09 Å². The van der Waals surface area contributed by atoms with E-state index in [2.05, 4.69) is 26.1 Å². The second-order valence-corrected chi connectivity index (χ2v) is 6.11. The molecule has 1 aromatic heterocycles. The van der Waals surface area contributed by atoms with Gasteiger partial charge in [0.05, 0.1) is 0 Å². The van der Waals surface area contributed by atoms with Crippen molar-refractivity contribution in [3.05, 3.63) is 3.92 Å². The van der Waals surface area contributed by atoms with Crippen LogP contribution < -0.4 is 4.90 Å². The molecule has 0 aliphatic heterocycles. The predicted octanol–water partition coefficient (Wildman–Crippen LogP) is 2.67. The topological polar surface area (TPSA) is 55.3 Å². The highest BCUT2D eigenvalue weighted by Crippen LogP contribution is 2.24.